The van der Waals surface area contributed by atoms with Gasteiger partial charge in [-0.15, -0.1) is 0 Å². The summed E-state index contributed by atoms with van der Waals surface area (Å²) >= 11 is 0. The number of unbranched alkanes of at least 4 members (excludes halogenated alkanes) is 4. The molecule has 2 amide bonds. The molecule has 7 heteroatoms. The maximum absolute atomic E-state index is 11.6. The highest BCUT2D eigenvalue weighted by Gasteiger charge is 2.20. The van der Waals surface area contributed by atoms with Crippen LogP contribution in [0.5, 0.6) is 0 Å². The highest BCUT2D eigenvalue weighted by molar-refractivity contribution is 5.89. The van der Waals surface area contributed by atoms with E-state index < -0.39 is 24.3 Å². The second kappa shape index (κ2) is 11.9. The standard InChI is InChI=1S/C16H30N2O5/c1-11(2)13(19)8-6-4-3-5-7-9-14(20)18-12(16(17)23)10-15(21)22/h11-13,19H,3-10H2,1-2H3,(H2,17,23)(H,18,20)(H,21,22). The first-order valence-electron chi connectivity index (χ1n) is 8.22. The molecule has 0 heterocycles. The predicted molar refractivity (Wildman–Crippen MR) is 86.5 cm³/mol. The molecule has 0 saturated heterocycles. The molecule has 0 fully saturated rings. The summed E-state index contributed by atoms with van der Waals surface area (Å²) in [7, 11) is 0. The van der Waals surface area contributed by atoms with Crippen LogP contribution in [0.1, 0.15) is 65.2 Å². The monoisotopic (exact) mass is 330 g/mol. The number of primary amides is 1. The summed E-state index contributed by atoms with van der Waals surface area (Å²) in [5.74, 6) is -2.10. The van der Waals surface area contributed by atoms with Crippen LogP contribution in [0.25, 0.3) is 0 Å². The van der Waals surface area contributed by atoms with Gasteiger partial charge in [0.2, 0.25) is 11.8 Å². The first-order valence-corrected chi connectivity index (χ1v) is 8.22. The molecule has 0 aromatic carbocycles. The number of amides is 2. The molecule has 2 unspecified atom stereocenters. The van der Waals surface area contributed by atoms with Crippen LogP contribution < -0.4 is 11.1 Å². The Hall–Kier alpha value is -1.63. The van der Waals surface area contributed by atoms with Crippen molar-refractivity contribution >= 4 is 17.8 Å². The molecule has 0 bridgehead atoms. The minimum Gasteiger partial charge on any atom is -0.481 e. The number of carbonyl (C=O) groups excluding carboxylic acids is 2. The van der Waals surface area contributed by atoms with Gasteiger partial charge >= 0.3 is 5.97 Å². The Morgan fingerprint density at radius 2 is 1.61 bits per heavy atom. The normalized spacial score (nSPS) is 13.6. The lowest BCUT2D eigenvalue weighted by Gasteiger charge is -2.14. The third-order valence-corrected chi connectivity index (χ3v) is 3.73. The van der Waals surface area contributed by atoms with E-state index in [9.17, 15) is 19.5 Å². The topological polar surface area (TPSA) is 130 Å². The van der Waals surface area contributed by atoms with Crippen LogP contribution in [0.4, 0.5) is 0 Å². The Labute approximate surface area is 137 Å². The number of rotatable bonds is 13. The zero-order valence-corrected chi connectivity index (χ0v) is 14.1. The maximum Gasteiger partial charge on any atom is 0.305 e. The fourth-order valence-electron chi connectivity index (χ4n) is 2.17. The first kappa shape index (κ1) is 21.4. The zero-order chi connectivity index (χ0) is 17.8. The van der Waals surface area contributed by atoms with E-state index in [4.69, 9.17) is 10.8 Å². The lowest BCUT2D eigenvalue weighted by molar-refractivity contribution is -0.140. The number of hydrogen-bond acceptors (Lipinski definition) is 4. The van der Waals surface area contributed by atoms with Gasteiger partial charge in [0.25, 0.3) is 0 Å². The van der Waals surface area contributed by atoms with Gasteiger partial charge in [0, 0.05) is 6.42 Å². The van der Waals surface area contributed by atoms with Gasteiger partial charge in [-0.2, -0.15) is 0 Å². The average molecular weight is 330 g/mol. The van der Waals surface area contributed by atoms with Gasteiger partial charge in [-0.05, 0) is 18.8 Å². The van der Waals surface area contributed by atoms with Crippen molar-refractivity contribution < 1.29 is 24.6 Å². The third kappa shape index (κ3) is 11.6. The highest BCUT2D eigenvalue weighted by Crippen LogP contribution is 2.13. The molecule has 5 N–H and O–H groups in total. The Kier molecular flexibility index (Phi) is 11.0. The van der Waals surface area contributed by atoms with Crippen LogP contribution in [0.2, 0.25) is 0 Å². The summed E-state index contributed by atoms with van der Waals surface area (Å²) in [4.78, 5) is 33.3. The van der Waals surface area contributed by atoms with E-state index in [1.807, 2.05) is 13.8 Å². The number of carbonyl (C=O) groups is 3. The van der Waals surface area contributed by atoms with Gasteiger partial charge in [0.15, 0.2) is 0 Å². The van der Waals surface area contributed by atoms with E-state index in [2.05, 4.69) is 5.32 Å². The molecular weight excluding hydrogens is 300 g/mol. The summed E-state index contributed by atoms with van der Waals surface area (Å²) in [6.45, 7) is 3.99. The van der Waals surface area contributed by atoms with E-state index in [1.54, 1.807) is 0 Å². The minimum absolute atomic E-state index is 0.248. The average Bonchev–Trinajstić information content (AvgIpc) is 2.44. The quantitative estimate of drug-likeness (QED) is 0.377. The molecule has 0 saturated carbocycles. The number of aliphatic hydroxyl groups excluding tert-OH is 1. The molecule has 0 spiro atoms. The Morgan fingerprint density at radius 3 is 2.13 bits per heavy atom. The number of nitrogens with two attached hydrogens (primary N) is 1. The van der Waals surface area contributed by atoms with Crippen molar-refractivity contribution in [2.75, 3.05) is 0 Å². The molecule has 0 aliphatic rings. The maximum atomic E-state index is 11.6. The van der Waals surface area contributed by atoms with Crippen LogP contribution in [-0.4, -0.2) is 40.1 Å². The molecule has 0 aliphatic heterocycles. The predicted octanol–water partition coefficient (Wildman–Crippen LogP) is 1.18. The first-order chi connectivity index (χ1) is 10.7. The van der Waals surface area contributed by atoms with Gasteiger partial charge in [-0.25, -0.2) is 0 Å². The molecule has 0 aromatic heterocycles. The van der Waals surface area contributed by atoms with Crippen LogP contribution >= 0.6 is 0 Å². The van der Waals surface area contributed by atoms with Crippen molar-refractivity contribution in [1.29, 1.82) is 0 Å². The fourth-order valence-corrected chi connectivity index (χ4v) is 2.17. The summed E-state index contributed by atoms with van der Waals surface area (Å²) in [5.41, 5.74) is 5.05. The SMILES string of the molecule is CC(C)C(O)CCCCCCCC(=O)NC(CC(=O)O)C(N)=O. The van der Waals surface area contributed by atoms with Crippen molar-refractivity contribution in [2.24, 2.45) is 11.7 Å². The molecule has 0 aliphatic carbocycles. The molecule has 0 rings (SSSR count). The lowest BCUT2D eigenvalue weighted by Crippen LogP contribution is -2.45. The third-order valence-electron chi connectivity index (χ3n) is 3.73. The van der Waals surface area contributed by atoms with Crippen molar-refractivity contribution in [2.45, 2.75) is 77.4 Å². The second-order valence-electron chi connectivity index (χ2n) is 6.24. The van der Waals surface area contributed by atoms with Crippen molar-refractivity contribution in [3.8, 4) is 0 Å². The Morgan fingerprint density at radius 1 is 1.04 bits per heavy atom. The van der Waals surface area contributed by atoms with Crippen LogP contribution in [0, 0.1) is 5.92 Å². The largest absolute Gasteiger partial charge is 0.481 e. The van der Waals surface area contributed by atoms with Crippen molar-refractivity contribution in [3.63, 3.8) is 0 Å². The van der Waals surface area contributed by atoms with Gasteiger partial charge in [0.05, 0.1) is 12.5 Å². The minimum atomic E-state index is -1.18. The summed E-state index contributed by atoms with van der Waals surface area (Å²) in [5, 5.41) is 20.6. The number of carboxylic acid groups (broad SMARTS) is 1. The Balaban J connectivity index is 3.74. The molecule has 0 radical (unpaired) electrons. The van der Waals surface area contributed by atoms with Gasteiger partial charge < -0.3 is 21.3 Å². The van der Waals surface area contributed by atoms with Gasteiger partial charge in [0.1, 0.15) is 6.04 Å². The van der Waals surface area contributed by atoms with E-state index in [0.29, 0.717) is 6.42 Å². The van der Waals surface area contributed by atoms with Crippen LogP contribution in [0.15, 0.2) is 0 Å². The van der Waals surface area contributed by atoms with E-state index in [-0.39, 0.29) is 24.3 Å². The van der Waals surface area contributed by atoms with Crippen molar-refractivity contribution in [1.82, 2.24) is 5.32 Å². The highest BCUT2D eigenvalue weighted by atomic mass is 16.4. The Bertz CT molecular complexity index is 385. The summed E-state index contributed by atoms with van der Waals surface area (Å²) in [6, 6.07) is -1.16. The molecule has 134 valence electrons. The fraction of sp³-hybridized carbons (Fsp3) is 0.812. The second-order valence-corrected chi connectivity index (χ2v) is 6.24. The number of aliphatic hydroxyl groups is 1. The van der Waals surface area contributed by atoms with Crippen LogP contribution in [-0.2, 0) is 14.4 Å². The number of nitrogens with one attached hydrogen (secondary N) is 1. The summed E-state index contributed by atoms with van der Waals surface area (Å²) < 4.78 is 0. The molecule has 0 aromatic rings. The van der Waals surface area contributed by atoms with E-state index in [0.717, 1.165) is 32.1 Å². The van der Waals surface area contributed by atoms with Gasteiger partial charge in [-0.3, -0.25) is 14.4 Å². The van der Waals surface area contributed by atoms with E-state index >= 15 is 0 Å². The van der Waals surface area contributed by atoms with Crippen molar-refractivity contribution in [3.05, 3.63) is 0 Å². The number of aliphatic carboxylic acids is 1. The zero-order valence-electron chi connectivity index (χ0n) is 14.1. The van der Waals surface area contributed by atoms with E-state index in [1.165, 1.54) is 0 Å². The summed E-state index contributed by atoms with van der Waals surface area (Å²) in [6.07, 6.45) is 4.81. The van der Waals surface area contributed by atoms with Crippen LogP contribution in [0.3, 0.4) is 0 Å². The van der Waals surface area contributed by atoms with Gasteiger partial charge in [-0.1, -0.05) is 39.5 Å². The molecular formula is C16H30N2O5. The smallest absolute Gasteiger partial charge is 0.305 e. The number of hydrogen-bond donors (Lipinski definition) is 4. The molecule has 7 nitrogen and oxygen atoms in total. The lowest BCUT2D eigenvalue weighted by atomic mass is 10.00. The molecule has 23 heavy (non-hydrogen) atoms. The molecule has 2 atom stereocenters. The number of carboxylic acids is 1.